The fourth-order valence-corrected chi connectivity index (χ4v) is 3.30. The fourth-order valence-electron chi connectivity index (χ4n) is 3.30. The molecule has 1 heterocycles. The van der Waals surface area contributed by atoms with E-state index in [4.69, 9.17) is 0 Å². The molecule has 0 spiro atoms. The van der Waals surface area contributed by atoms with Crippen LogP contribution in [0.1, 0.15) is 58.6 Å². The van der Waals surface area contributed by atoms with Crippen LogP contribution in [0.25, 0.3) is 0 Å². The summed E-state index contributed by atoms with van der Waals surface area (Å²) in [4.78, 5) is 14.7. The van der Waals surface area contributed by atoms with Gasteiger partial charge < -0.3 is 15.3 Å². The Morgan fingerprint density at radius 1 is 1.25 bits per heavy atom. The molecule has 1 atom stereocenters. The van der Waals surface area contributed by atoms with E-state index < -0.39 is 0 Å². The first kappa shape index (κ1) is 18.8. The molecule has 134 valence electrons. The summed E-state index contributed by atoms with van der Waals surface area (Å²) in [6.07, 6.45) is 2.20. The first-order chi connectivity index (χ1) is 11.2. The van der Waals surface area contributed by atoms with Gasteiger partial charge in [0.2, 0.25) is 5.91 Å². The van der Waals surface area contributed by atoms with Gasteiger partial charge in [0.1, 0.15) is 5.75 Å². The second-order valence-electron chi connectivity index (χ2n) is 8.20. The zero-order valence-electron chi connectivity index (χ0n) is 15.7. The number of benzene rings is 1. The van der Waals surface area contributed by atoms with Crippen LogP contribution in [0.4, 0.5) is 0 Å². The molecule has 0 bridgehead atoms. The largest absolute Gasteiger partial charge is 0.507 e. The van der Waals surface area contributed by atoms with E-state index >= 15 is 0 Å². The van der Waals surface area contributed by atoms with Gasteiger partial charge in [-0.15, -0.1) is 0 Å². The predicted molar refractivity (Wildman–Crippen MR) is 98.1 cm³/mol. The van der Waals surface area contributed by atoms with Crippen molar-refractivity contribution in [1.29, 1.82) is 0 Å². The minimum absolute atomic E-state index is 0.108. The number of rotatable bonds is 5. The second kappa shape index (κ2) is 7.56. The Kier molecular flexibility index (Phi) is 5.92. The Morgan fingerprint density at radius 3 is 2.42 bits per heavy atom. The van der Waals surface area contributed by atoms with Gasteiger partial charge in [0.05, 0.1) is 6.04 Å². The lowest BCUT2D eigenvalue weighted by atomic mass is 9.85. The number of likely N-dealkylation sites (tertiary alicyclic amines) is 1. The lowest BCUT2D eigenvalue weighted by Crippen LogP contribution is -2.48. The van der Waals surface area contributed by atoms with Crippen molar-refractivity contribution in [2.45, 2.75) is 65.5 Å². The average molecular weight is 332 g/mol. The lowest BCUT2D eigenvalue weighted by molar-refractivity contribution is -0.133. The number of carbonyl (C=O) groups is 1. The van der Waals surface area contributed by atoms with Gasteiger partial charge in [0.15, 0.2) is 0 Å². The minimum Gasteiger partial charge on any atom is -0.507 e. The monoisotopic (exact) mass is 332 g/mol. The molecule has 2 rings (SSSR count). The molecule has 1 aliphatic rings. The molecule has 24 heavy (non-hydrogen) atoms. The van der Waals surface area contributed by atoms with Gasteiger partial charge in [0.25, 0.3) is 0 Å². The number of hydrogen-bond donors (Lipinski definition) is 2. The van der Waals surface area contributed by atoms with Crippen LogP contribution in [0.2, 0.25) is 0 Å². The number of para-hydroxylation sites is 1. The van der Waals surface area contributed by atoms with Crippen molar-refractivity contribution < 1.29 is 9.90 Å². The molecule has 0 radical (unpaired) electrons. The first-order valence-corrected chi connectivity index (χ1v) is 9.05. The van der Waals surface area contributed by atoms with Crippen LogP contribution in [-0.2, 0) is 16.8 Å². The van der Waals surface area contributed by atoms with Crippen LogP contribution >= 0.6 is 0 Å². The summed E-state index contributed by atoms with van der Waals surface area (Å²) < 4.78 is 0. The lowest BCUT2D eigenvalue weighted by Gasteiger charge is -2.27. The molecule has 1 amide bonds. The highest BCUT2D eigenvalue weighted by molar-refractivity contribution is 5.82. The van der Waals surface area contributed by atoms with Crippen LogP contribution in [0.15, 0.2) is 18.2 Å². The summed E-state index contributed by atoms with van der Waals surface area (Å²) in [5.41, 5.74) is 1.68. The SMILES string of the molecule is CC(C)C(NCc1cccc(C(C)(C)C)c1O)C(=O)N1CCCC1. The van der Waals surface area contributed by atoms with Gasteiger partial charge in [-0.2, -0.15) is 0 Å². The minimum atomic E-state index is -0.208. The van der Waals surface area contributed by atoms with Crippen molar-refractivity contribution >= 4 is 5.91 Å². The molecule has 1 saturated heterocycles. The Hall–Kier alpha value is -1.55. The molecule has 1 fully saturated rings. The quantitative estimate of drug-likeness (QED) is 0.868. The van der Waals surface area contributed by atoms with E-state index in [0.717, 1.165) is 37.1 Å². The highest BCUT2D eigenvalue weighted by atomic mass is 16.3. The number of phenols is 1. The highest BCUT2D eigenvalue weighted by Gasteiger charge is 2.29. The molecule has 1 aliphatic heterocycles. The summed E-state index contributed by atoms with van der Waals surface area (Å²) in [5, 5.41) is 14.0. The van der Waals surface area contributed by atoms with Crippen molar-refractivity contribution in [2.75, 3.05) is 13.1 Å². The molecule has 0 aliphatic carbocycles. The molecule has 1 unspecified atom stereocenters. The van der Waals surface area contributed by atoms with E-state index in [0.29, 0.717) is 12.3 Å². The van der Waals surface area contributed by atoms with E-state index in [1.807, 2.05) is 23.1 Å². The summed E-state index contributed by atoms with van der Waals surface area (Å²) in [6, 6.07) is 5.66. The van der Waals surface area contributed by atoms with E-state index in [1.165, 1.54) is 0 Å². The van der Waals surface area contributed by atoms with Gasteiger partial charge >= 0.3 is 0 Å². The molecule has 0 aromatic heterocycles. The average Bonchev–Trinajstić information content (AvgIpc) is 3.01. The molecule has 0 saturated carbocycles. The van der Waals surface area contributed by atoms with Crippen LogP contribution in [0.3, 0.4) is 0 Å². The van der Waals surface area contributed by atoms with Gasteiger partial charge in [-0.05, 0) is 29.7 Å². The number of nitrogens with zero attached hydrogens (tertiary/aromatic N) is 1. The van der Waals surface area contributed by atoms with Gasteiger partial charge in [-0.25, -0.2) is 0 Å². The van der Waals surface area contributed by atoms with Crippen LogP contribution in [0.5, 0.6) is 5.75 Å². The van der Waals surface area contributed by atoms with E-state index in [9.17, 15) is 9.90 Å². The van der Waals surface area contributed by atoms with Crippen molar-refractivity contribution in [3.63, 3.8) is 0 Å². The number of amides is 1. The highest BCUT2D eigenvalue weighted by Crippen LogP contribution is 2.33. The van der Waals surface area contributed by atoms with Crippen molar-refractivity contribution in [3.8, 4) is 5.75 Å². The third-order valence-corrected chi connectivity index (χ3v) is 4.79. The number of aromatic hydroxyl groups is 1. The summed E-state index contributed by atoms with van der Waals surface area (Å²) in [6.45, 7) is 12.6. The Bertz CT molecular complexity index is 569. The predicted octanol–water partition coefficient (Wildman–Crippen LogP) is 3.43. The number of hydrogen-bond acceptors (Lipinski definition) is 3. The zero-order chi connectivity index (χ0) is 17.9. The molecule has 1 aromatic carbocycles. The van der Waals surface area contributed by atoms with Crippen LogP contribution in [0, 0.1) is 5.92 Å². The number of phenolic OH excluding ortho intramolecular Hbond substituents is 1. The molecule has 4 nitrogen and oxygen atoms in total. The third-order valence-electron chi connectivity index (χ3n) is 4.79. The van der Waals surface area contributed by atoms with Crippen LogP contribution < -0.4 is 5.32 Å². The molecule has 1 aromatic rings. The van der Waals surface area contributed by atoms with Gasteiger partial charge in [-0.1, -0.05) is 52.8 Å². The van der Waals surface area contributed by atoms with Crippen molar-refractivity contribution in [1.82, 2.24) is 10.2 Å². The fraction of sp³-hybridized carbons (Fsp3) is 0.650. The third kappa shape index (κ3) is 4.29. The maximum absolute atomic E-state index is 12.7. The summed E-state index contributed by atoms with van der Waals surface area (Å²) >= 11 is 0. The molecular formula is C20H32N2O2. The van der Waals surface area contributed by atoms with Gasteiger partial charge in [-0.3, -0.25) is 4.79 Å². The van der Waals surface area contributed by atoms with E-state index in [-0.39, 0.29) is 23.3 Å². The van der Waals surface area contributed by atoms with E-state index in [1.54, 1.807) is 0 Å². The standard InChI is InChI=1S/C20H32N2O2/c1-14(2)17(19(24)22-11-6-7-12-22)21-13-15-9-8-10-16(18(15)23)20(3,4)5/h8-10,14,17,21,23H,6-7,11-13H2,1-5H3. The maximum Gasteiger partial charge on any atom is 0.239 e. The molecule has 4 heteroatoms. The number of nitrogens with one attached hydrogen (secondary N) is 1. The van der Waals surface area contributed by atoms with Crippen LogP contribution in [-0.4, -0.2) is 35.0 Å². The van der Waals surface area contributed by atoms with E-state index in [2.05, 4.69) is 39.9 Å². The Morgan fingerprint density at radius 2 is 1.88 bits per heavy atom. The summed E-state index contributed by atoms with van der Waals surface area (Å²) in [5.74, 6) is 0.744. The van der Waals surface area contributed by atoms with Crippen molar-refractivity contribution in [3.05, 3.63) is 29.3 Å². The smallest absolute Gasteiger partial charge is 0.239 e. The topological polar surface area (TPSA) is 52.6 Å². The molecule has 2 N–H and O–H groups in total. The van der Waals surface area contributed by atoms with Gasteiger partial charge in [0, 0.05) is 25.2 Å². The van der Waals surface area contributed by atoms with Crippen molar-refractivity contribution in [2.24, 2.45) is 5.92 Å². The zero-order valence-corrected chi connectivity index (χ0v) is 15.7. The molecular weight excluding hydrogens is 300 g/mol. The Balaban J connectivity index is 2.11. The Labute approximate surface area is 146 Å². The maximum atomic E-state index is 12.7. The first-order valence-electron chi connectivity index (χ1n) is 9.05. The summed E-state index contributed by atoms with van der Waals surface area (Å²) in [7, 11) is 0. The normalized spacial score (nSPS) is 16.7. The number of carbonyl (C=O) groups excluding carboxylic acids is 1. The second-order valence-corrected chi connectivity index (χ2v) is 8.20.